The van der Waals surface area contributed by atoms with Gasteiger partial charge in [0.25, 0.3) is 0 Å². The normalized spacial score (nSPS) is 14.6. The second-order valence-electron chi connectivity index (χ2n) is 6.26. The summed E-state index contributed by atoms with van der Waals surface area (Å²) in [6.07, 6.45) is 3.16. The number of carbonyl (C=O) groups excluding carboxylic acids is 3. The van der Waals surface area contributed by atoms with Crippen LogP contribution in [0.5, 0.6) is 0 Å². The predicted molar refractivity (Wildman–Crippen MR) is 95.7 cm³/mol. The van der Waals surface area contributed by atoms with Crippen molar-refractivity contribution < 1.29 is 28.6 Å². The van der Waals surface area contributed by atoms with Gasteiger partial charge in [-0.3, -0.25) is 4.79 Å². The molecule has 0 N–H and O–H groups in total. The first-order valence-electron chi connectivity index (χ1n) is 9.02. The van der Waals surface area contributed by atoms with E-state index in [1.807, 2.05) is 13.8 Å². The average molecular weight is 367 g/mol. The molecule has 0 saturated heterocycles. The highest BCUT2D eigenvalue weighted by atomic mass is 16.5. The lowest BCUT2D eigenvalue weighted by Gasteiger charge is -2.30. The van der Waals surface area contributed by atoms with Gasteiger partial charge < -0.3 is 19.1 Å². The molecule has 1 rings (SSSR count). The van der Waals surface area contributed by atoms with Crippen molar-refractivity contribution in [3.63, 3.8) is 0 Å². The van der Waals surface area contributed by atoms with Crippen LogP contribution in [0.4, 0.5) is 0 Å². The molecule has 7 heteroatoms. The predicted octanol–water partition coefficient (Wildman–Crippen LogP) is 2.42. The number of hydrogen-bond donors (Lipinski definition) is 0. The van der Waals surface area contributed by atoms with Gasteiger partial charge in [0.2, 0.25) is 0 Å². The van der Waals surface area contributed by atoms with Gasteiger partial charge in [0.15, 0.2) is 0 Å². The molecule has 0 amide bonds. The molecule has 0 saturated carbocycles. The van der Waals surface area contributed by atoms with Crippen molar-refractivity contribution in [1.29, 1.82) is 0 Å². The van der Waals surface area contributed by atoms with Crippen molar-refractivity contribution in [3.8, 4) is 0 Å². The molecule has 146 valence electrons. The standard InChI is InChI=1S/C19H29NO6/c1-6-24-17(21)9-14-15(18(22)25-7-2)11-20(10-13(4)5)12-16(14)19(23)26-8-3/h11-14H,6-10H2,1-5H3. The van der Waals surface area contributed by atoms with E-state index in [2.05, 4.69) is 0 Å². The van der Waals surface area contributed by atoms with Crippen LogP contribution in [0.1, 0.15) is 41.0 Å². The molecular formula is C19H29NO6. The number of rotatable bonds is 9. The summed E-state index contributed by atoms with van der Waals surface area (Å²) in [5, 5.41) is 0. The smallest absolute Gasteiger partial charge is 0.336 e. The van der Waals surface area contributed by atoms with E-state index in [9.17, 15) is 14.4 Å². The third kappa shape index (κ3) is 6.20. The van der Waals surface area contributed by atoms with Crippen LogP contribution in [0.3, 0.4) is 0 Å². The molecule has 0 fully saturated rings. The lowest BCUT2D eigenvalue weighted by Crippen LogP contribution is -2.33. The van der Waals surface area contributed by atoms with E-state index in [4.69, 9.17) is 14.2 Å². The highest BCUT2D eigenvalue weighted by molar-refractivity contribution is 5.97. The fourth-order valence-electron chi connectivity index (χ4n) is 2.69. The third-order valence-corrected chi connectivity index (χ3v) is 3.63. The molecule has 0 aromatic carbocycles. The van der Waals surface area contributed by atoms with Gasteiger partial charge in [-0.1, -0.05) is 13.8 Å². The fraction of sp³-hybridized carbons (Fsp3) is 0.632. The summed E-state index contributed by atoms with van der Waals surface area (Å²) >= 11 is 0. The Balaban J connectivity index is 3.27. The van der Waals surface area contributed by atoms with Gasteiger partial charge in [-0.2, -0.15) is 0 Å². The van der Waals surface area contributed by atoms with E-state index in [-0.39, 0.29) is 37.4 Å². The van der Waals surface area contributed by atoms with Gasteiger partial charge in [0.1, 0.15) is 0 Å². The van der Waals surface area contributed by atoms with Gasteiger partial charge in [0.05, 0.1) is 37.4 Å². The molecular weight excluding hydrogens is 338 g/mol. The molecule has 0 aliphatic carbocycles. The zero-order valence-electron chi connectivity index (χ0n) is 16.2. The summed E-state index contributed by atoms with van der Waals surface area (Å²) in [4.78, 5) is 38.7. The zero-order chi connectivity index (χ0) is 19.7. The zero-order valence-corrected chi connectivity index (χ0v) is 16.2. The SMILES string of the molecule is CCOC(=O)CC1C(C(=O)OCC)=CN(CC(C)C)C=C1C(=O)OCC. The van der Waals surface area contributed by atoms with Crippen molar-refractivity contribution >= 4 is 17.9 Å². The monoisotopic (exact) mass is 367 g/mol. The Kier molecular flexibility index (Phi) is 8.88. The van der Waals surface area contributed by atoms with Crippen molar-refractivity contribution in [2.24, 2.45) is 11.8 Å². The summed E-state index contributed by atoms with van der Waals surface area (Å²) in [6.45, 7) is 10.4. The summed E-state index contributed by atoms with van der Waals surface area (Å²) < 4.78 is 15.3. The van der Waals surface area contributed by atoms with Gasteiger partial charge in [-0.25, -0.2) is 9.59 Å². The molecule has 1 heterocycles. The van der Waals surface area contributed by atoms with Crippen LogP contribution in [0, 0.1) is 11.8 Å². The number of hydrogen-bond acceptors (Lipinski definition) is 7. The molecule has 26 heavy (non-hydrogen) atoms. The van der Waals surface area contributed by atoms with E-state index < -0.39 is 23.8 Å². The molecule has 7 nitrogen and oxygen atoms in total. The molecule has 0 radical (unpaired) electrons. The summed E-state index contributed by atoms with van der Waals surface area (Å²) in [5.41, 5.74) is 0.511. The number of esters is 3. The largest absolute Gasteiger partial charge is 0.466 e. The van der Waals surface area contributed by atoms with Crippen molar-refractivity contribution in [1.82, 2.24) is 4.90 Å². The van der Waals surface area contributed by atoms with Gasteiger partial charge in [-0.15, -0.1) is 0 Å². The Morgan fingerprint density at radius 1 is 0.923 bits per heavy atom. The van der Waals surface area contributed by atoms with Crippen LogP contribution in [-0.4, -0.2) is 49.2 Å². The van der Waals surface area contributed by atoms with E-state index in [1.54, 1.807) is 38.1 Å². The molecule has 0 aromatic heterocycles. The van der Waals surface area contributed by atoms with Gasteiger partial charge >= 0.3 is 17.9 Å². The molecule has 1 aliphatic rings. The fourth-order valence-corrected chi connectivity index (χ4v) is 2.69. The van der Waals surface area contributed by atoms with Crippen LogP contribution in [0.15, 0.2) is 23.5 Å². The Hall–Kier alpha value is -2.31. The molecule has 1 aliphatic heterocycles. The first-order chi connectivity index (χ1) is 12.3. The first kappa shape index (κ1) is 21.7. The summed E-state index contributed by atoms with van der Waals surface area (Å²) in [7, 11) is 0. The summed E-state index contributed by atoms with van der Waals surface area (Å²) in [6, 6.07) is 0. The van der Waals surface area contributed by atoms with E-state index in [1.165, 1.54) is 0 Å². The molecule has 0 atom stereocenters. The Bertz CT molecular complexity index is 543. The number of nitrogens with zero attached hydrogens (tertiary/aromatic N) is 1. The van der Waals surface area contributed by atoms with E-state index >= 15 is 0 Å². The minimum Gasteiger partial charge on any atom is -0.466 e. The second-order valence-corrected chi connectivity index (χ2v) is 6.26. The topological polar surface area (TPSA) is 82.1 Å². The quantitative estimate of drug-likeness (QED) is 0.457. The van der Waals surface area contributed by atoms with Gasteiger partial charge in [-0.05, 0) is 26.7 Å². The van der Waals surface area contributed by atoms with Crippen molar-refractivity contribution in [3.05, 3.63) is 23.5 Å². The Labute approximate surface area is 155 Å². The van der Waals surface area contributed by atoms with Crippen molar-refractivity contribution in [2.75, 3.05) is 26.4 Å². The molecule has 0 spiro atoms. The maximum Gasteiger partial charge on any atom is 0.336 e. The minimum absolute atomic E-state index is 0.126. The third-order valence-electron chi connectivity index (χ3n) is 3.63. The molecule has 0 aromatic rings. The number of ether oxygens (including phenoxy) is 3. The lowest BCUT2D eigenvalue weighted by molar-refractivity contribution is -0.144. The highest BCUT2D eigenvalue weighted by Crippen LogP contribution is 2.32. The van der Waals surface area contributed by atoms with Crippen molar-refractivity contribution in [2.45, 2.75) is 41.0 Å². The maximum atomic E-state index is 12.5. The maximum absolute atomic E-state index is 12.5. The van der Waals surface area contributed by atoms with Gasteiger partial charge in [0, 0.05) is 24.9 Å². The van der Waals surface area contributed by atoms with Crippen LogP contribution >= 0.6 is 0 Å². The van der Waals surface area contributed by atoms with E-state index in [0.717, 1.165) is 0 Å². The van der Waals surface area contributed by atoms with E-state index in [0.29, 0.717) is 12.5 Å². The number of carbonyl (C=O) groups is 3. The van der Waals surface area contributed by atoms with Crippen LogP contribution in [0.25, 0.3) is 0 Å². The van der Waals surface area contributed by atoms with Crippen LogP contribution < -0.4 is 0 Å². The minimum atomic E-state index is -0.754. The van der Waals surface area contributed by atoms with Crippen LogP contribution in [0.2, 0.25) is 0 Å². The highest BCUT2D eigenvalue weighted by Gasteiger charge is 2.36. The second kappa shape index (κ2) is 10.6. The Morgan fingerprint density at radius 2 is 1.38 bits per heavy atom. The lowest BCUT2D eigenvalue weighted by atomic mass is 9.86. The molecule has 0 bridgehead atoms. The molecule has 0 unspecified atom stereocenters. The first-order valence-corrected chi connectivity index (χ1v) is 9.02. The average Bonchev–Trinajstić information content (AvgIpc) is 2.55. The van der Waals surface area contributed by atoms with Crippen LogP contribution in [-0.2, 0) is 28.6 Å². The summed E-state index contributed by atoms with van der Waals surface area (Å²) in [5.74, 6) is -2.04. The Morgan fingerprint density at radius 3 is 1.77 bits per heavy atom.